The SMILES string of the molecule is Cc1cc(C(=O)NNC(=O)/C=C/c2ccccc2[N+](=O)[O-])c(C)o1. The number of hydrogen-bond donors (Lipinski definition) is 2. The molecule has 0 aliphatic heterocycles. The zero-order valence-corrected chi connectivity index (χ0v) is 13.0. The van der Waals surface area contributed by atoms with Crippen LogP contribution in [0.25, 0.3) is 6.08 Å². The summed E-state index contributed by atoms with van der Waals surface area (Å²) in [5.41, 5.74) is 4.92. The number of carbonyl (C=O) groups is 2. The number of carbonyl (C=O) groups excluding carboxylic acids is 2. The first-order chi connectivity index (χ1) is 11.4. The van der Waals surface area contributed by atoms with Crippen molar-refractivity contribution >= 4 is 23.6 Å². The van der Waals surface area contributed by atoms with Gasteiger partial charge in [0, 0.05) is 12.1 Å². The molecule has 24 heavy (non-hydrogen) atoms. The number of nitro groups is 1. The van der Waals surface area contributed by atoms with Gasteiger partial charge in [0.05, 0.1) is 16.1 Å². The molecule has 0 spiro atoms. The molecule has 0 unspecified atom stereocenters. The van der Waals surface area contributed by atoms with Crippen molar-refractivity contribution in [2.24, 2.45) is 0 Å². The molecule has 0 bridgehead atoms. The summed E-state index contributed by atoms with van der Waals surface area (Å²) >= 11 is 0. The van der Waals surface area contributed by atoms with Crippen LogP contribution in [0.3, 0.4) is 0 Å². The first-order valence-corrected chi connectivity index (χ1v) is 6.97. The van der Waals surface area contributed by atoms with Crippen molar-refractivity contribution in [3.63, 3.8) is 0 Å². The van der Waals surface area contributed by atoms with E-state index < -0.39 is 16.7 Å². The molecule has 0 saturated carbocycles. The molecule has 2 amide bonds. The lowest BCUT2D eigenvalue weighted by Gasteiger charge is -2.04. The van der Waals surface area contributed by atoms with Crippen molar-refractivity contribution in [2.75, 3.05) is 0 Å². The summed E-state index contributed by atoms with van der Waals surface area (Å²) in [5.74, 6) is -0.119. The molecule has 0 fully saturated rings. The third-order valence-corrected chi connectivity index (χ3v) is 3.13. The monoisotopic (exact) mass is 329 g/mol. The molecule has 1 aromatic heterocycles. The summed E-state index contributed by atoms with van der Waals surface area (Å²) in [6.07, 6.45) is 2.39. The van der Waals surface area contributed by atoms with Crippen molar-refractivity contribution < 1.29 is 18.9 Å². The predicted octanol–water partition coefficient (Wildman–Crippen LogP) is 2.28. The molecule has 0 saturated heterocycles. The predicted molar refractivity (Wildman–Crippen MR) is 85.9 cm³/mol. The van der Waals surface area contributed by atoms with Crippen LogP contribution in [0.5, 0.6) is 0 Å². The lowest BCUT2D eigenvalue weighted by Crippen LogP contribution is -2.40. The number of nitrogens with one attached hydrogen (secondary N) is 2. The van der Waals surface area contributed by atoms with Gasteiger partial charge in [0.1, 0.15) is 11.5 Å². The Labute approximate surface area is 137 Å². The fourth-order valence-corrected chi connectivity index (χ4v) is 2.04. The third kappa shape index (κ3) is 4.07. The molecule has 0 radical (unpaired) electrons. The van der Waals surface area contributed by atoms with Crippen LogP contribution in [0.15, 0.2) is 40.8 Å². The largest absolute Gasteiger partial charge is 0.466 e. The molecular weight excluding hydrogens is 314 g/mol. The first kappa shape index (κ1) is 16.9. The van der Waals surface area contributed by atoms with Crippen molar-refractivity contribution in [3.8, 4) is 0 Å². The number of amides is 2. The summed E-state index contributed by atoms with van der Waals surface area (Å²) in [6, 6.07) is 7.56. The van der Waals surface area contributed by atoms with Crippen LogP contribution in [0.2, 0.25) is 0 Å². The number of benzene rings is 1. The highest BCUT2D eigenvalue weighted by Gasteiger charge is 2.14. The van der Waals surface area contributed by atoms with Gasteiger partial charge in [-0.1, -0.05) is 12.1 Å². The van der Waals surface area contributed by atoms with Crippen molar-refractivity contribution in [3.05, 3.63) is 69.2 Å². The summed E-state index contributed by atoms with van der Waals surface area (Å²) in [7, 11) is 0. The number of nitrogens with zero attached hydrogens (tertiary/aromatic N) is 1. The van der Waals surface area contributed by atoms with Crippen molar-refractivity contribution in [2.45, 2.75) is 13.8 Å². The van der Waals surface area contributed by atoms with Crippen LogP contribution < -0.4 is 10.9 Å². The Morgan fingerprint density at radius 2 is 1.92 bits per heavy atom. The van der Waals surface area contributed by atoms with Crippen LogP contribution in [0, 0.1) is 24.0 Å². The number of hydrogen-bond acceptors (Lipinski definition) is 5. The van der Waals surface area contributed by atoms with E-state index in [0.29, 0.717) is 17.1 Å². The van der Waals surface area contributed by atoms with E-state index in [9.17, 15) is 19.7 Å². The van der Waals surface area contributed by atoms with E-state index in [1.807, 2.05) is 0 Å². The molecule has 1 aromatic carbocycles. The molecule has 1 heterocycles. The van der Waals surface area contributed by atoms with Gasteiger partial charge < -0.3 is 4.42 Å². The highest BCUT2D eigenvalue weighted by atomic mass is 16.6. The van der Waals surface area contributed by atoms with E-state index in [-0.39, 0.29) is 11.3 Å². The highest BCUT2D eigenvalue weighted by Crippen LogP contribution is 2.18. The van der Waals surface area contributed by atoms with Crippen molar-refractivity contribution in [1.82, 2.24) is 10.9 Å². The van der Waals surface area contributed by atoms with Crippen LogP contribution in [0.1, 0.15) is 27.4 Å². The smallest absolute Gasteiger partial charge is 0.276 e. The number of hydrazine groups is 1. The Kier molecular flexibility index (Phi) is 5.10. The van der Waals surface area contributed by atoms with Crippen LogP contribution in [0.4, 0.5) is 5.69 Å². The number of aryl methyl sites for hydroxylation is 2. The number of para-hydroxylation sites is 1. The molecule has 8 nitrogen and oxygen atoms in total. The molecule has 124 valence electrons. The fraction of sp³-hybridized carbons (Fsp3) is 0.125. The Bertz CT molecular complexity index is 823. The number of nitro benzene ring substituents is 1. The van der Waals surface area contributed by atoms with Gasteiger partial charge in [-0.15, -0.1) is 0 Å². The topological polar surface area (TPSA) is 114 Å². The van der Waals surface area contributed by atoms with Crippen LogP contribution in [-0.4, -0.2) is 16.7 Å². The minimum Gasteiger partial charge on any atom is -0.466 e. The lowest BCUT2D eigenvalue weighted by atomic mass is 10.1. The van der Waals surface area contributed by atoms with Crippen molar-refractivity contribution in [1.29, 1.82) is 0 Å². The summed E-state index contributed by atoms with van der Waals surface area (Å²) in [6.45, 7) is 3.34. The highest BCUT2D eigenvalue weighted by molar-refractivity contribution is 5.98. The molecule has 8 heteroatoms. The quantitative estimate of drug-likeness (QED) is 0.507. The maximum atomic E-state index is 11.9. The van der Waals surface area contributed by atoms with E-state index in [4.69, 9.17) is 4.42 Å². The van der Waals surface area contributed by atoms with E-state index >= 15 is 0 Å². The maximum absolute atomic E-state index is 11.9. The third-order valence-electron chi connectivity index (χ3n) is 3.13. The maximum Gasteiger partial charge on any atom is 0.276 e. The van der Waals surface area contributed by atoms with Gasteiger partial charge in [0.15, 0.2) is 0 Å². The molecule has 0 atom stereocenters. The zero-order valence-electron chi connectivity index (χ0n) is 13.0. The Balaban J connectivity index is 1.98. The molecular formula is C16H15N3O5. The van der Waals surface area contributed by atoms with Gasteiger partial charge in [-0.2, -0.15) is 0 Å². The van der Waals surface area contributed by atoms with Gasteiger partial charge in [-0.3, -0.25) is 30.6 Å². The van der Waals surface area contributed by atoms with Gasteiger partial charge in [0.2, 0.25) is 0 Å². The zero-order chi connectivity index (χ0) is 17.7. The molecule has 2 N–H and O–H groups in total. The van der Waals surface area contributed by atoms with Crippen LogP contribution in [-0.2, 0) is 4.79 Å². The minimum absolute atomic E-state index is 0.116. The summed E-state index contributed by atoms with van der Waals surface area (Å²) < 4.78 is 5.23. The Hall–Kier alpha value is -3.42. The van der Waals surface area contributed by atoms with E-state index in [1.165, 1.54) is 24.3 Å². The van der Waals surface area contributed by atoms with Gasteiger partial charge in [-0.05, 0) is 32.1 Å². The molecule has 0 aliphatic rings. The fourth-order valence-electron chi connectivity index (χ4n) is 2.04. The first-order valence-electron chi connectivity index (χ1n) is 6.97. The molecule has 2 aromatic rings. The standard InChI is InChI=1S/C16H15N3O5/c1-10-9-13(11(2)24-10)16(21)18-17-15(20)8-7-12-5-3-4-6-14(12)19(22)23/h3-9H,1-2H3,(H,17,20)(H,18,21)/b8-7+. The average Bonchev–Trinajstić information content (AvgIpc) is 2.89. The lowest BCUT2D eigenvalue weighted by molar-refractivity contribution is -0.385. The molecule has 2 rings (SSSR count). The van der Waals surface area contributed by atoms with Gasteiger partial charge >= 0.3 is 0 Å². The second kappa shape index (κ2) is 7.23. The second-order valence-electron chi connectivity index (χ2n) is 4.92. The van der Waals surface area contributed by atoms with E-state index in [1.54, 1.807) is 26.0 Å². The second-order valence-corrected chi connectivity index (χ2v) is 4.92. The van der Waals surface area contributed by atoms with Crippen LogP contribution >= 0.6 is 0 Å². The minimum atomic E-state index is -0.626. The Morgan fingerprint density at radius 3 is 2.54 bits per heavy atom. The van der Waals surface area contributed by atoms with Gasteiger partial charge in [-0.25, -0.2) is 0 Å². The molecule has 0 aliphatic carbocycles. The normalized spacial score (nSPS) is 10.6. The Morgan fingerprint density at radius 1 is 1.21 bits per heavy atom. The number of furan rings is 1. The van der Waals surface area contributed by atoms with E-state index in [2.05, 4.69) is 10.9 Å². The average molecular weight is 329 g/mol. The number of rotatable bonds is 4. The van der Waals surface area contributed by atoms with Gasteiger partial charge in [0.25, 0.3) is 17.5 Å². The van der Waals surface area contributed by atoms with E-state index in [0.717, 1.165) is 6.08 Å². The summed E-state index contributed by atoms with van der Waals surface area (Å²) in [5, 5.41) is 10.9. The summed E-state index contributed by atoms with van der Waals surface area (Å²) in [4.78, 5) is 34.0.